The van der Waals surface area contributed by atoms with Crippen LogP contribution in [0, 0.1) is 5.92 Å². The lowest BCUT2D eigenvalue weighted by atomic mass is 9.98. The van der Waals surface area contributed by atoms with Gasteiger partial charge in [0.05, 0.1) is 0 Å². The molecular formula is C22H36ClNO2. The van der Waals surface area contributed by atoms with Gasteiger partial charge in [-0.2, -0.15) is 0 Å². The van der Waals surface area contributed by atoms with Gasteiger partial charge in [-0.05, 0) is 37.2 Å². The number of nitrogens with one attached hydrogen (secondary N) is 1. The fraction of sp³-hybridized carbons (Fsp3) is 0.682. The Morgan fingerprint density at radius 3 is 2.46 bits per heavy atom. The van der Waals surface area contributed by atoms with Crippen molar-refractivity contribution in [2.75, 3.05) is 13.2 Å². The molecule has 0 bridgehead atoms. The van der Waals surface area contributed by atoms with E-state index in [1.807, 2.05) is 12.1 Å². The second kappa shape index (κ2) is 13.3. The van der Waals surface area contributed by atoms with Crippen molar-refractivity contribution in [3.63, 3.8) is 0 Å². The molecule has 3 nitrogen and oxygen atoms in total. The topological polar surface area (TPSA) is 49.3 Å². The van der Waals surface area contributed by atoms with E-state index in [9.17, 15) is 9.90 Å². The minimum absolute atomic E-state index is 0. The molecule has 26 heavy (non-hydrogen) atoms. The fourth-order valence-electron chi connectivity index (χ4n) is 3.68. The number of halogens is 1. The quantitative estimate of drug-likeness (QED) is 0.398. The number of Topliss-reactive ketones (excluding diaryl/α,β-unsaturated/α-hetero) is 1. The Labute approximate surface area is 165 Å². The first-order valence-electron chi connectivity index (χ1n) is 10.2. The predicted octanol–water partition coefficient (Wildman–Crippen LogP) is 4.94. The van der Waals surface area contributed by atoms with E-state index in [2.05, 4.69) is 24.4 Å². The summed E-state index contributed by atoms with van der Waals surface area (Å²) in [5, 5.41) is 12.6. The van der Waals surface area contributed by atoms with Crippen LogP contribution in [0.2, 0.25) is 0 Å². The number of benzene rings is 1. The highest BCUT2D eigenvalue weighted by atomic mass is 35.5. The Bertz CT molecular complexity index is 503. The van der Waals surface area contributed by atoms with Gasteiger partial charge < -0.3 is 10.4 Å². The summed E-state index contributed by atoms with van der Waals surface area (Å²) >= 11 is 0. The van der Waals surface area contributed by atoms with Gasteiger partial charge in [0.15, 0.2) is 5.78 Å². The first-order valence-corrected chi connectivity index (χ1v) is 10.2. The van der Waals surface area contributed by atoms with E-state index in [1.165, 1.54) is 44.1 Å². The molecule has 0 aliphatic carbocycles. The van der Waals surface area contributed by atoms with Crippen LogP contribution in [0.25, 0.3) is 0 Å². The summed E-state index contributed by atoms with van der Waals surface area (Å²) in [7, 11) is 0. The van der Waals surface area contributed by atoms with E-state index in [4.69, 9.17) is 0 Å². The van der Waals surface area contributed by atoms with Crippen molar-refractivity contribution in [2.45, 2.75) is 77.2 Å². The third-order valence-electron chi connectivity index (χ3n) is 5.39. The highest BCUT2D eigenvalue weighted by Crippen LogP contribution is 2.19. The minimum Gasteiger partial charge on any atom is -0.396 e. The molecule has 1 heterocycles. The van der Waals surface area contributed by atoms with Crippen LogP contribution in [0.1, 0.15) is 80.6 Å². The van der Waals surface area contributed by atoms with E-state index in [0.717, 1.165) is 31.4 Å². The Balaban J connectivity index is 0.00000338. The second-order valence-electron chi connectivity index (χ2n) is 7.57. The lowest BCUT2D eigenvalue weighted by Crippen LogP contribution is -2.22. The molecule has 0 amide bonds. The summed E-state index contributed by atoms with van der Waals surface area (Å²) in [5.41, 5.74) is 2.18. The Kier molecular flexibility index (Phi) is 11.8. The van der Waals surface area contributed by atoms with E-state index >= 15 is 0 Å². The standard InChI is InChI=1S/C22H35NO2.ClH/c1-2-3-4-5-6-7-8-18-9-11-20(12-10-18)22(25)14-13-21-15-19(17-24)16-23-21;/h9-12,19,21,23-24H,2-8,13-17H2,1H3;1H/t19-,21-;/m0./s1. The van der Waals surface area contributed by atoms with Gasteiger partial charge in [0.25, 0.3) is 0 Å². The van der Waals surface area contributed by atoms with Crippen molar-refractivity contribution >= 4 is 18.2 Å². The zero-order valence-electron chi connectivity index (χ0n) is 16.2. The Morgan fingerprint density at radius 1 is 1.12 bits per heavy atom. The van der Waals surface area contributed by atoms with Crippen LogP contribution in [0.5, 0.6) is 0 Å². The average Bonchev–Trinajstić information content (AvgIpc) is 3.11. The molecule has 2 atom stereocenters. The molecular weight excluding hydrogens is 346 g/mol. The van der Waals surface area contributed by atoms with Crippen LogP contribution >= 0.6 is 12.4 Å². The molecule has 0 spiro atoms. The smallest absolute Gasteiger partial charge is 0.162 e. The summed E-state index contributed by atoms with van der Waals surface area (Å²) in [5.74, 6) is 0.599. The summed E-state index contributed by atoms with van der Waals surface area (Å²) in [6.07, 6.45) is 11.5. The average molecular weight is 382 g/mol. The number of ketones is 1. The molecule has 2 N–H and O–H groups in total. The summed E-state index contributed by atoms with van der Waals surface area (Å²) in [6.45, 7) is 3.37. The number of unbranched alkanes of at least 4 members (excludes halogenated alkanes) is 5. The predicted molar refractivity (Wildman–Crippen MR) is 111 cm³/mol. The molecule has 0 saturated carbocycles. The van der Waals surface area contributed by atoms with Gasteiger partial charge in [0, 0.05) is 31.2 Å². The molecule has 1 saturated heterocycles. The molecule has 1 aromatic rings. The van der Waals surface area contributed by atoms with Crippen LogP contribution in [-0.2, 0) is 6.42 Å². The van der Waals surface area contributed by atoms with Crippen LogP contribution < -0.4 is 5.32 Å². The first-order chi connectivity index (χ1) is 12.2. The van der Waals surface area contributed by atoms with Crippen molar-refractivity contribution < 1.29 is 9.90 Å². The number of rotatable bonds is 12. The Hall–Kier alpha value is -0.900. The van der Waals surface area contributed by atoms with Crippen LogP contribution in [0.3, 0.4) is 0 Å². The first kappa shape index (κ1) is 23.1. The van der Waals surface area contributed by atoms with E-state index in [0.29, 0.717) is 18.4 Å². The van der Waals surface area contributed by atoms with Crippen LogP contribution in [0.4, 0.5) is 0 Å². The van der Waals surface area contributed by atoms with Crippen molar-refractivity contribution in [2.24, 2.45) is 5.92 Å². The van der Waals surface area contributed by atoms with Gasteiger partial charge in [-0.25, -0.2) is 0 Å². The number of carbonyl (C=O) groups excluding carboxylic acids is 1. The fourth-order valence-corrected chi connectivity index (χ4v) is 3.68. The van der Waals surface area contributed by atoms with Crippen LogP contribution in [-0.4, -0.2) is 30.1 Å². The number of hydrogen-bond acceptors (Lipinski definition) is 3. The van der Waals surface area contributed by atoms with Crippen molar-refractivity contribution in [3.05, 3.63) is 35.4 Å². The lowest BCUT2D eigenvalue weighted by molar-refractivity contribution is 0.0976. The van der Waals surface area contributed by atoms with Gasteiger partial charge in [-0.3, -0.25) is 4.79 Å². The zero-order valence-corrected chi connectivity index (χ0v) is 17.0. The monoisotopic (exact) mass is 381 g/mol. The molecule has 2 rings (SSSR count). The molecule has 1 aliphatic heterocycles. The molecule has 0 unspecified atom stereocenters. The maximum Gasteiger partial charge on any atom is 0.162 e. The van der Waals surface area contributed by atoms with Gasteiger partial charge >= 0.3 is 0 Å². The Morgan fingerprint density at radius 2 is 1.81 bits per heavy atom. The van der Waals surface area contributed by atoms with Crippen molar-refractivity contribution in [3.8, 4) is 0 Å². The molecule has 0 aromatic heterocycles. The van der Waals surface area contributed by atoms with Crippen molar-refractivity contribution in [1.29, 1.82) is 0 Å². The zero-order chi connectivity index (χ0) is 17.9. The maximum absolute atomic E-state index is 12.3. The van der Waals surface area contributed by atoms with Crippen LogP contribution in [0.15, 0.2) is 24.3 Å². The van der Waals surface area contributed by atoms with Gasteiger partial charge in [-0.1, -0.05) is 63.3 Å². The largest absolute Gasteiger partial charge is 0.396 e. The normalized spacial score (nSPS) is 19.3. The number of aliphatic hydroxyl groups excluding tert-OH is 1. The molecule has 1 aromatic carbocycles. The van der Waals surface area contributed by atoms with Crippen molar-refractivity contribution in [1.82, 2.24) is 5.32 Å². The lowest BCUT2D eigenvalue weighted by Gasteiger charge is -2.10. The number of carbonyl (C=O) groups is 1. The highest BCUT2D eigenvalue weighted by Gasteiger charge is 2.23. The second-order valence-corrected chi connectivity index (χ2v) is 7.57. The summed E-state index contributed by atoms with van der Waals surface area (Å²) in [6, 6.07) is 8.61. The van der Waals surface area contributed by atoms with E-state index in [1.54, 1.807) is 0 Å². The molecule has 0 radical (unpaired) electrons. The number of aryl methyl sites for hydroxylation is 1. The number of aliphatic hydroxyl groups is 1. The SMILES string of the molecule is CCCCCCCCc1ccc(C(=O)CC[C@H]2C[C@H](CO)CN2)cc1.Cl. The third kappa shape index (κ3) is 8.20. The van der Waals surface area contributed by atoms with Gasteiger partial charge in [0.2, 0.25) is 0 Å². The maximum atomic E-state index is 12.3. The summed E-state index contributed by atoms with van der Waals surface area (Å²) < 4.78 is 0. The van der Waals surface area contributed by atoms with Gasteiger partial charge in [0.1, 0.15) is 0 Å². The van der Waals surface area contributed by atoms with E-state index < -0.39 is 0 Å². The van der Waals surface area contributed by atoms with Gasteiger partial charge in [-0.15, -0.1) is 12.4 Å². The number of hydrogen-bond donors (Lipinski definition) is 2. The molecule has 148 valence electrons. The summed E-state index contributed by atoms with van der Waals surface area (Å²) in [4.78, 5) is 12.3. The molecule has 1 aliphatic rings. The highest BCUT2D eigenvalue weighted by molar-refractivity contribution is 5.96. The van der Waals surface area contributed by atoms with E-state index in [-0.39, 0.29) is 24.8 Å². The third-order valence-corrected chi connectivity index (χ3v) is 5.39. The molecule has 1 fully saturated rings. The minimum atomic E-state index is 0. The molecule has 4 heteroatoms.